The number of hydrogen-bond donors (Lipinski definition) is 0. The first-order valence-electron chi connectivity index (χ1n) is 54.4. The zero-order valence-corrected chi connectivity index (χ0v) is 95.1. The molecule has 24 heteroatoms. The van der Waals surface area contributed by atoms with Crippen LogP contribution in [0.3, 0.4) is 0 Å². The van der Waals surface area contributed by atoms with E-state index in [4.69, 9.17) is 37.9 Å². The van der Waals surface area contributed by atoms with Crippen molar-refractivity contribution in [2.45, 2.75) is 374 Å². The molecule has 4 amide bonds. The minimum atomic E-state index is -0.262. The van der Waals surface area contributed by atoms with Crippen LogP contribution in [0.15, 0.2) is 0 Å². The first-order valence-corrected chi connectivity index (χ1v) is 54.4. The molecule has 0 aliphatic carbocycles. The predicted molar refractivity (Wildman–Crippen MR) is 561 cm³/mol. The lowest BCUT2D eigenvalue weighted by Gasteiger charge is -2.45. The van der Waals surface area contributed by atoms with Crippen molar-refractivity contribution in [3.63, 3.8) is 0 Å². The van der Waals surface area contributed by atoms with Crippen LogP contribution < -0.4 is 0 Å². The number of carbonyl (C=O) groups is 4. The Bertz CT molecular complexity index is 3170. The summed E-state index contributed by atoms with van der Waals surface area (Å²) in [6, 6.07) is 2.20. The van der Waals surface area contributed by atoms with Crippen molar-refractivity contribution in [3.05, 3.63) is 0 Å². The first-order chi connectivity index (χ1) is 63.1. The number of ether oxygens (including phenoxy) is 9. The second-order valence-corrected chi connectivity index (χ2v) is 52.6. The average molecular weight is 1930 g/mol. The molecular formula is C112H219FN10O13. The number of nitrogens with zero attached hydrogens (tertiary/aromatic N) is 10. The summed E-state index contributed by atoms with van der Waals surface area (Å²) in [7, 11) is 3.63. The fourth-order valence-electron chi connectivity index (χ4n) is 20.8. The van der Waals surface area contributed by atoms with Crippen molar-refractivity contribution in [2.75, 3.05) is 237 Å². The molecule has 23 nitrogen and oxygen atoms in total. The van der Waals surface area contributed by atoms with Crippen LogP contribution in [0.25, 0.3) is 0 Å². The third-order valence-corrected chi connectivity index (χ3v) is 31.9. The van der Waals surface area contributed by atoms with Gasteiger partial charge < -0.3 is 81.8 Å². The summed E-state index contributed by atoms with van der Waals surface area (Å²) in [5.74, 6) is 5.43. The Morgan fingerprint density at radius 2 is 0.632 bits per heavy atom. The van der Waals surface area contributed by atoms with Gasteiger partial charge in [-0.3, -0.25) is 19.4 Å². The molecule has 13 saturated heterocycles. The van der Waals surface area contributed by atoms with Crippen LogP contribution in [-0.2, 0) is 52.2 Å². The summed E-state index contributed by atoms with van der Waals surface area (Å²) in [4.78, 5) is 66.7. The van der Waals surface area contributed by atoms with Gasteiger partial charge in [0.25, 0.3) is 0 Å². The van der Waals surface area contributed by atoms with E-state index in [1.807, 2.05) is 16.7 Å². The van der Waals surface area contributed by atoms with Gasteiger partial charge in [0.2, 0.25) is 12.3 Å². The number of methoxy groups -OCH3 is 1. The lowest BCUT2D eigenvalue weighted by molar-refractivity contribution is -0.135. The molecular weight excluding hydrogens is 1710 g/mol. The topological polar surface area (TPSA) is 184 Å². The lowest BCUT2D eigenvalue weighted by atomic mass is 9.75. The maximum Gasteiger partial charge on any atom is 0.409 e. The fourth-order valence-corrected chi connectivity index (χ4v) is 20.8. The Labute approximate surface area is 836 Å². The summed E-state index contributed by atoms with van der Waals surface area (Å²) in [6.45, 7) is 105. The molecule has 802 valence electrons. The van der Waals surface area contributed by atoms with Crippen molar-refractivity contribution in [2.24, 2.45) is 89.7 Å². The zero-order chi connectivity index (χ0) is 102. The molecule has 0 aromatic rings. The van der Waals surface area contributed by atoms with E-state index >= 15 is 0 Å². The third kappa shape index (κ3) is 47.8. The maximum atomic E-state index is 12.1. The SMILES string of the molecule is CC(=O)N1CCC(C(C)(C)C)CC1.CC(C)(C)C1CCN(C2CCOCC2)CC1.CC(C)(C)C1CCN(C=O)CC1.CC(C)(C)C1CCN(CCF)CC1.CC(C)(C)C1CN(C2CCOCC2)CCO1.CC(C)(C)C1CN(C2COC2)CCO1.CCN1CCC(C(C)(C)C)CC1.CCOC(=O)N1CCOC(C(C)(C)C)C1.CN1CCC(C(C)(C)C)CC1.COC(=O)N1CCOC(C(C)(C)C)C1. The van der Waals surface area contributed by atoms with E-state index in [-0.39, 0.29) is 58.6 Å². The molecule has 0 N–H and O–H groups in total. The van der Waals surface area contributed by atoms with Crippen molar-refractivity contribution in [3.8, 4) is 0 Å². The van der Waals surface area contributed by atoms with Crippen LogP contribution in [0.5, 0.6) is 0 Å². The highest BCUT2D eigenvalue weighted by atomic mass is 19.1. The van der Waals surface area contributed by atoms with E-state index in [1.165, 1.54) is 156 Å². The minimum absolute atomic E-state index is 0.0607. The van der Waals surface area contributed by atoms with Gasteiger partial charge in [-0.25, -0.2) is 14.0 Å². The number of amides is 4. The van der Waals surface area contributed by atoms with Crippen molar-refractivity contribution < 1.29 is 66.2 Å². The molecule has 0 bridgehead atoms. The van der Waals surface area contributed by atoms with E-state index in [0.29, 0.717) is 103 Å². The van der Waals surface area contributed by atoms with Gasteiger partial charge in [0.05, 0.1) is 96.9 Å². The molecule has 4 atom stereocenters. The summed E-state index contributed by atoms with van der Waals surface area (Å²) >= 11 is 0. The van der Waals surface area contributed by atoms with Gasteiger partial charge in [0.15, 0.2) is 0 Å². The van der Waals surface area contributed by atoms with Gasteiger partial charge >= 0.3 is 12.2 Å². The Morgan fingerprint density at radius 1 is 0.331 bits per heavy atom. The summed E-state index contributed by atoms with van der Waals surface area (Å²) in [5, 5.41) is 0. The summed E-state index contributed by atoms with van der Waals surface area (Å²) in [6.07, 6.45) is 21.8. The number of hydrogen-bond acceptors (Lipinski definition) is 19. The molecule has 0 radical (unpaired) electrons. The van der Waals surface area contributed by atoms with Crippen LogP contribution in [0.1, 0.15) is 331 Å². The van der Waals surface area contributed by atoms with Crippen LogP contribution in [0.2, 0.25) is 0 Å². The highest BCUT2D eigenvalue weighted by molar-refractivity contribution is 5.73. The van der Waals surface area contributed by atoms with Crippen LogP contribution in [0.4, 0.5) is 14.0 Å². The Hall–Kier alpha value is -3.11. The second kappa shape index (κ2) is 59.5. The predicted octanol–water partition coefficient (Wildman–Crippen LogP) is 21.4. The van der Waals surface area contributed by atoms with Gasteiger partial charge in [0.1, 0.15) is 6.67 Å². The van der Waals surface area contributed by atoms with Crippen LogP contribution in [0, 0.1) is 89.7 Å². The molecule has 4 unspecified atom stereocenters. The van der Waals surface area contributed by atoms with E-state index in [0.717, 1.165) is 172 Å². The molecule has 13 fully saturated rings. The van der Waals surface area contributed by atoms with E-state index in [1.54, 1.807) is 16.7 Å². The monoisotopic (exact) mass is 1930 g/mol. The first kappa shape index (κ1) is 125. The number of alkyl halides is 1. The highest BCUT2D eigenvalue weighted by Crippen LogP contribution is 2.41. The highest BCUT2D eigenvalue weighted by Gasteiger charge is 2.41. The van der Waals surface area contributed by atoms with E-state index in [2.05, 4.69) is 256 Å². The smallest absolute Gasteiger partial charge is 0.409 e. The van der Waals surface area contributed by atoms with Gasteiger partial charge in [-0.05, 0) is 265 Å². The Kier molecular flexibility index (Phi) is 54.8. The number of piperidine rings is 6. The Morgan fingerprint density at radius 3 is 0.934 bits per heavy atom. The number of halogens is 1. The Balaban J connectivity index is 0.000000316. The number of rotatable bonds is 8. The van der Waals surface area contributed by atoms with Crippen molar-refractivity contribution in [1.29, 1.82) is 0 Å². The van der Waals surface area contributed by atoms with Crippen molar-refractivity contribution >= 4 is 24.5 Å². The minimum Gasteiger partial charge on any atom is -0.453 e. The zero-order valence-electron chi connectivity index (χ0n) is 95.1. The average Bonchev–Trinajstić information content (AvgIpc) is 0.827. The standard InChI is InChI=1S/C14H27NO.C13H25NO2.C11H22FN.C11H21NO3.C11H21NO2.C11H21NO.C11H23N.C10H19NO3.C10H19NO.C10H21N/c1-14(2,3)12-4-8-15(9-5-12)13-6-10-16-11-7-13;1-13(2,3)12-10-14(6-9-16-12)11-4-7-15-8-5-11;1-11(2,3)10-4-7-13(8-5-10)9-6-12;1-5-14-10(13)12-6-7-15-9(8-12)11(2,3)4;1-11(2,3)10-6-12(4-5-14-10)9-7-13-8-9;1-9(13)12-7-5-10(6-8-12)11(2,3)4;1-5-12-8-6-10(7-9-12)11(2,3)4;1-10(2,3)8-7-11(5-6-14-8)9(12)13-4;1-10(2,3)9-4-6-11(8-12)7-5-9;1-10(2,3)9-5-7-11(4)8-6-9/h12-13H,4-11H2,1-3H3;11-12H,4-10H2,1-3H3;10H,4-9H2,1-3H3;9H,5-8H2,1-4H3;9-10H,4-8H2,1-3H3;10H,5-8H2,1-4H3;10H,5-9H2,1-4H3;8H,5-7H2,1-4H3;8-9H,4-7H2,1-3H3;9H,5-8H2,1-4H3. The molecule has 13 heterocycles. The molecule has 13 rings (SSSR count). The number of morpholine rings is 4. The fraction of sp³-hybridized carbons (Fsp3) is 0.964. The molecule has 0 spiro atoms. The largest absolute Gasteiger partial charge is 0.453 e. The van der Waals surface area contributed by atoms with Gasteiger partial charge in [-0.1, -0.05) is 215 Å². The molecule has 0 aromatic carbocycles. The molecule has 13 aliphatic heterocycles. The normalized spacial score (nSPS) is 24.9. The second-order valence-electron chi connectivity index (χ2n) is 52.6. The molecule has 136 heavy (non-hydrogen) atoms. The quantitative estimate of drug-likeness (QED) is 0.209. The van der Waals surface area contributed by atoms with Gasteiger partial charge in [-0.15, -0.1) is 0 Å². The van der Waals surface area contributed by atoms with Gasteiger partial charge in [-0.2, -0.15) is 0 Å². The van der Waals surface area contributed by atoms with Crippen LogP contribution in [-0.4, -0.2) is 354 Å². The van der Waals surface area contributed by atoms with Crippen molar-refractivity contribution in [1.82, 2.24) is 49.0 Å². The number of likely N-dealkylation sites (tertiary alicyclic amines) is 6. The van der Waals surface area contributed by atoms with Gasteiger partial charge in [0, 0.05) is 117 Å². The molecule has 13 aliphatic rings. The van der Waals surface area contributed by atoms with Crippen LogP contribution >= 0.6 is 0 Å². The number of carbonyl (C=O) groups excluding carboxylic acids is 4. The maximum absolute atomic E-state index is 12.1. The molecule has 0 aromatic heterocycles. The third-order valence-electron chi connectivity index (χ3n) is 31.9. The summed E-state index contributed by atoms with van der Waals surface area (Å²) < 4.78 is 60.8. The van der Waals surface area contributed by atoms with E-state index in [9.17, 15) is 23.6 Å². The van der Waals surface area contributed by atoms with E-state index < -0.39 is 0 Å². The lowest BCUT2D eigenvalue weighted by Crippen LogP contribution is -2.57. The summed E-state index contributed by atoms with van der Waals surface area (Å²) in [5.41, 5.74) is 3.44. The molecule has 0 saturated carbocycles.